The second-order valence-electron chi connectivity index (χ2n) is 7.76. The van der Waals surface area contributed by atoms with Gasteiger partial charge in [-0.1, -0.05) is 19.1 Å². The predicted molar refractivity (Wildman–Crippen MR) is 101 cm³/mol. The number of aromatic nitrogens is 3. The summed E-state index contributed by atoms with van der Waals surface area (Å²) in [5, 5.41) is 7.99. The highest BCUT2D eigenvalue weighted by atomic mass is 16.2. The molecule has 2 heterocycles. The van der Waals surface area contributed by atoms with Crippen LogP contribution in [-0.2, 0) is 11.8 Å². The van der Waals surface area contributed by atoms with Gasteiger partial charge in [-0.25, -0.2) is 0 Å². The molecule has 7 heteroatoms. The highest BCUT2D eigenvalue weighted by Gasteiger charge is 2.57. The molecule has 142 valence electrons. The van der Waals surface area contributed by atoms with Gasteiger partial charge in [-0.3, -0.25) is 9.59 Å². The van der Waals surface area contributed by atoms with Crippen LogP contribution in [-0.4, -0.2) is 62.6 Å². The molecule has 2 amide bonds. The predicted octanol–water partition coefficient (Wildman–Crippen LogP) is 1.96. The first-order chi connectivity index (χ1) is 12.9. The molecule has 1 aromatic carbocycles. The summed E-state index contributed by atoms with van der Waals surface area (Å²) in [4.78, 5) is 28.9. The Morgan fingerprint density at radius 1 is 1.26 bits per heavy atom. The molecular weight excluding hydrogens is 342 g/mol. The molecular formula is C20H25N5O2. The van der Waals surface area contributed by atoms with E-state index in [0.29, 0.717) is 18.5 Å². The quantitative estimate of drug-likeness (QED) is 0.828. The Labute approximate surface area is 159 Å². The fourth-order valence-corrected chi connectivity index (χ4v) is 4.20. The third-order valence-electron chi connectivity index (χ3n) is 6.04. The smallest absolute Gasteiger partial charge is 0.253 e. The van der Waals surface area contributed by atoms with Gasteiger partial charge in [0.2, 0.25) is 5.91 Å². The van der Waals surface area contributed by atoms with E-state index in [1.165, 1.54) is 0 Å². The van der Waals surface area contributed by atoms with Crippen LogP contribution < -0.4 is 0 Å². The van der Waals surface area contributed by atoms with Crippen LogP contribution in [0.3, 0.4) is 0 Å². The maximum Gasteiger partial charge on any atom is 0.253 e. The third kappa shape index (κ3) is 3.01. The third-order valence-corrected chi connectivity index (χ3v) is 6.04. The van der Waals surface area contributed by atoms with Crippen LogP contribution in [0.25, 0.3) is 11.4 Å². The van der Waals surface area contributed by atoms with Crippen molar-refractivity contribution in [1.82, 2.24) is 24.6 Å². The van der Waals surface area contributed by atoms with Crippen molar-refractivity contribution in [3.05, 3.63) is 36.2 Å². The minimum absolute atomic E-state index is 0.00147. The number of carbonyl (C=O) groups is 2. The maximum atomic E-state index is 13.0. The van der Waals surface area contributed by atoms with E-state index in [1.54, 1.807) is 6.33 Å². The summed E-state index contributed by atoms with van der Waals surface area (Å²) >= 11 is 0. The summed E-state index contributed by atoms with van der Waals surface area (Å²) in [6.45, 7) is 3.32. The van der Waals surface area contributed by atoms with Crippen molar-refractivity contribution in [2.24, 2.45) is 12.5 Å². The molecule has 27 heavy (non-hydrogen) atoms. The zero-order valence-corrected chi connectivity index (χ0v) is 16.1. The standard InChI is InChI=1S/C20H25N5O2/c1-4-17(26)25-11-16(20(12-25)9-10-20)24(3)19(27)15-7-5-14(6-8-15)18-22-21-13-23(18)2/h5-8,13,16H,4,9-12H2,1-3H3. The van der Waals surface area contributed by atoms with Crippen LogP contribution in [0.1, 0.15) is 36.5 Å². The molecule has 1 aromatic heterocycles. The highest BCUT2D eigenvalue weighted by Crippen LogP contribution is 2.54. The lowest BCUT2D eigenvalue weighted by Crippen LogP contribution is -2.43. The van der Waals surface area contributed by atoms with Crippen LogP contribution >= 0.6 is 0 Å². The van der Waals surface area contributed by atoms with Gasteiger partial charge in [-0.05, 0) is 25.0 Å². The van der Waals surface area contributed by atoms with Gasteiger partial charge in [0.05, 0.1) is 6.04 Å². The fraction of sp³-hybridized carbons (Fsp3) is 0.500. The summed E-state index contributed by atoms with van der Waals surface area (Å²) < 4.78 is 1.84. The Balaban J connectivity index is 1.51. The van der Waals surface area contributed by atoms with Crippen molar-refractivity contribution in [2.75, 3.05) is 20.1 Å². The van der Waals surface area contributed by atoms with E-state index in [1.807, 2.05) is 59.7 Å². The summed E-state index contributed by atoms with van der Waals surface area (Å²) in [6, 6.07) is 7.58. The molecule has 2 aromatic rings. The molecule has 0 radical (unpaired) electrons. The minimum Gasteiger partial charge on any atom is -0.340 e. The van der Waals surface area contributed by atoms with E-state index in [9.17, 15) is 9.59 Å². The molecule has 1 atom stereocenters. The average molecular weight is 367 g/mol. The first-order valence-electron chi connectivity index (χ1n) is 9.44. The van der Waals surface area contributed by atoms with Crippen molar-refractivity contribution in [3.8, 4) is 11.4 Å². The van der Waals surface area contributed by atoms with E-state index in [2.05, 4.69) is 10.2 Å². The van der Waals surface area contributed by atoms with Crippen LogP contribution in [0.5, 0.6) is 0 Å². The Morgan fingerprint density at radius 3 is 2.52 bits per heavy atom. The molecule has 4 rings (SSSR count). The van der Waals surface area contributed by atoms with Gasteiger partial charge in [0.25, 0.3) is 5.91 Å². The number of likely N-dealkylation sites (tertiary alicyclic amines) is 1. The Kier molecular flexibility index (Phi) is 4.25. The molecule has 1 unspecified atom stereocenters. The normalized spacial score (nSPS) is 20.1. The molecule has 1 aliphatic carbocycles. The Hall–Kier alpha value is -2.70. The van der Waals surface area contributed by atoms with Gasteiger partial charge in [0.15, 0.2) is 5.82 Å². The van der Waals surface area contributed by atoms with E-state index < -0.39 is 0 Å². The van der Waals surface area contributed by atoms with Gasteiger partial charge < -0.3 is 14.4 Å². The van der Waals surface area contributed by atoms with Gasteiger partial charge >= 0.3 is 0 Å². The van der Waals surface area contributed by atoms with Gasteiger partial charge in [-0.2, -0.15) is 0 Å². The molecule has 2 fully saturated rings. The molecule has 1 saturated carbocycles. The monoisotopic (exact) mass is 367 g/mol. The lowest BCUT2D eigenvalue weighted by molar-refractivity contribution is -0.130. The molecule has 0 N–H and O–H groups in total. The SMILES string of the molecule is CCC(=O)N1CC(N(C)C(=O)c2ccc(-c3nncn3C)cc2)C2(CC2)C1. The average Bonchev–Trinajstić information content (AvgIpc) is 3.16. The minimum atomic E-state index is 0.00147. The van der Waals surface area contributed by atoms with Crippen molar-refractivity contribution in [2.45, 2.75) is 32.2 Å². The molecule has 1 aliphatic heterocycles. The number of carbonyl (C=O) groups excluding carboxylic acids is 2. The first kappa shape index (κ1) is 17.7. The Morgan fingerprint density at radius 2 is 1.96 bits per heavy atom. The van der Waals surface area contributed by atoms with Crippen molar-refractivity contribution >= 4 is 11.8 Å². The molecule has 0 bridgehead atoms. The highest BCUT2D eigenvalue weighted by molar-refractivity contribution is 5.95. The van der Waals surface area contributed by atoms with Crippen LogP contribution in [0.2, 0.25) is 0 Å². The molecule has 1 saturated heterocycles. The van der Waals surface area contributed by atoms with Crippen molar-refractivity contribution in [1.29, 1.82) is 0 Å². The Bertz CT molecular complexity index is 869. The number of rotatable bonds is 4. The number of likely N-dealkylation sites (N-methyl/N-ethyl adjacent to an activating group) is 1. The van der Waals surface area contributed by atoms with Crippen molar-refractivity contribution in [3.63, 3.8) is 0 Å². The number of hydrogen-bond acceptors (Lipinski definition) is 4. The van der Waals surface area contributed by atoms with Crippen LogP contribution in [0, 0.1) is 5.41 Å². The zero-order chi connectivity index (χ0) is 19.2. The van der Waals surface area contributed by atoms with E-state index >= 15 is 0 Å². The number of nitrogens with zero attached hydrogens (tertiary/aromatic N) is 5. The largest absolute Gasteiger partial charge is 0.340 e. The van der Waals surface area contributed by atoms with Gasteiger partial charge in [0.1, 0.15) is 6.33 Å². The maximum absolute atomic E-state index is 13.0. The summed E-state index contributed by atoms with van der Waals surface area (Å²) in [6.07, 6.45) is 4.35. The van der Waals surface area contributed by atoms with Gasteiger partial charge in [0, 0.05) is 50.1 Å². The lowest BCUT2D eigenvalue weighted by Gasteiger charge is -2.29. The topological polar surface area (TPSA) is 71.3 Å². The fourth-order valence-electron chi connectivity index (χ4n) is 4.20. The summed E-state index contributed by atoms with van der Waals surface area (Å²) in [5.41, 5.74) is 1.68. The number of aryl methyl sites for hydroxylation is 1. The molecule has 2 aliphatic rings. The second-order valence-corrected chi connectivity index (χ2v) is 7.76. The summed E-state index contributed by atoms with van der Waals surface area (Å²) in [5.74, 6) is 0.947. The lowest BCUT2D eigenvalue weighted by atomic mass is 9.98. The first-order valence-corrected chi connectivity index (χ1v) is 9.44. The van der Waals surface area contributed by atoms with Crippen LogP contribution in [0.15, 0.2) is 30.6 Å². The van der Waals surface area contributed by atoms with E-state index in [-0.39, 0.29) is 23.3 Å². The second kappa shape index (κ2) is 6.48. The number of benzene rings is 1. The molecule has 7 nitrogen and oxygen atoms in total. The van der Waals surface area contributed by atoms with E-state index in [0.717, 1.165) is 30.8 Å². The summed E-state index contributed by atoms with van der Waals surface area (Å²) in [7, 11) is 3.75. The molecule has 1 spiro atoms. The van der Waals surface area contributed by atoms with Gasteiger partial charge in [-0.15, -0.1) is 10.2 Å². The zero-order valence-electron chi connectivity index (χ0n) is 16.1. The van der Waals surface area contributed by atoms with Crippen molar-refractivity contribution < 1.29 is 9.59 Å². The number of amides is 2. The number of hydrogen-bond donors (Lipinski definition) is 0. The van der Waals surface area contributed by atoms with Crippen LogP contribution in [0.4, 0.5) is 0 Å². The van der Waals surface area contributed by atoms with E-state index in [4.69, 9.17) is 0 Å².